The quantitative estimate of drug-likeness (QED) is 0.630. The van der Waals surface area contributed by atoms with Gasteiger partial charge in [-0.05, 0) is 30.4 Å². The molecule has 0 unspecified atom stereocenters. The molecule has 1 atom stereocenters. The average molecular weight is 347 g/mol. The molecule has 3 nitrogen and oxygen atoms in total. The highest BCUT2D eigenvalue weighted by Crippen LogP contribution is 2.27. The van der Waals surface area contributed by atoms with Gasteiger partial charge in [-0.25, -0.2) is 0 Å². The van der Waals surface area contributed by atoms with Crippen molar-refractivity contribution in [1.29, 1.82) is 0 Å². The van der Waals surface area contributed by atoms with Crippen molar-refractivity contribution in [1.82, 2.24) is 4.90 Å². The molecule has 26 heavy (non-hydrogen) atoms. The van der Waals surface area contributed by atoms with Crippen LogP contribution in [0.3, 0.4) is 0 Å². The molecule has 0 heterocycles. The van der Waals surface area contributed by atoms with Gasteiger partial charge in [-0.3, -0.25) is 4.79 Å². The van der Waals surface area contributed by atoms with Gasteiger partial charge in [-0.2, -0.15) is 0 Å². The van der Waals surface area contributed by atoms with Crippen LogP contribution in [0.1, 0.15) is 24.5 Å². The Balaban J connectivity index is 1.74. The van der Waals surface area contributed by atoms with Crippen LogP contribution in [-0.4, -0.2) is 24.0 Å². The third-order valence-corrected chi connectivity index (χ3v) is 4.58. The van der Waals surface area contributed by atoms with E-state index in [2.05, 4.69) is 43.3 Å². The van der Waals surface area contributed by atoms with Gasteiger partial charge in [0, 0.05) is 19.0 Å². The van der Waals surface area contributed by atoms with Crippen LogP contribution in [0.4, 0.5) is 0 Å². The first kappa shape index (κ1) is 18.0. The van der Waals surface area contributed by atoms with Crippen LogP contribution in [0, 0.1) is 6.92 Å². The largest absolute Gasteiger partial charge is 0.480 e. The fourth-order valence-corrected chi connectivity index (χ4v) is 3.05. The zero-order valence-corrected chi connectivity index (χ0v) is 15.6. The number of hydrogen-bond donors (Lipinski definition) is 0. The topological polar surface area (TPSA) is 29.5 Å². The van der Waals surface area contributed by atoms with E-state index in [4.69, 9.17) is 4.74 Å². The molecule has 0 bridgehead atoms. The molecule has 0 aromatic heterocycles. The van der Waals surface area contributed by atoms with Crippen molar-refractivity contribution in [3.63, 3.8) is 0 Å². The van der Waals surface area contributed by atoms with Gasteiger partial charge in [0.15, 0.2) is 6.10 Å². The Morgan fingerprint density at radius 3 is 2.42 bits per heavy atom. The minimum absolute atomic E-state index is 0.000934. The van der Waals surface area contributed by atoms with Crippen molar-refractivity contribution >= 4 is 16.7 Å². The van der Waals surface area contributed by atoms with Crippen LogP contribution in [0.15, 0.2) is 66.7 Å². The molecule has 3 heteroatoms. The van der Waals surface area contributed by atoms with E-state index in [1.54, 1.807) is 4.90 Å². The van der Waals surface area contributed by atoms with E-state index in [-0.39, 0.29) is 5.91 Å². The van der Waals surface area contributed by atoms with Crippen molar-refractivity contribution in [3.05, 3.63) is 77.9 Å². The molecule has 134 valence electrons. The minimum atomic E-state index is -0.490. The van der Waals surface area contributed by atoms with Crippen LogP contribution in [0.2, 0.25) is 0 Å². The maximum Gasteiger partial charge on any atom is 0.263 e. The van der Waals surface area contributed by atoms with Gasteiger partial charge in [0.05, 0.1) is 0 Å². The Kier molecular flexibility index (Phi) is 5.57. The number of benzene rings is 3. The molecule has 3 aromatic carbocycles. The lowest BCUT2D eigenvalue weighted by molar-refractivity contribution is -0.138. The van der Waals surface area contributed by atoms with Crippen molar-refractivity contribution in [3.8, 4) is 5.75 Å². The molecule has 0 aliphatic carbocycles. The van der Waals surface area contributed by atoms with Gasteiger partial charge >= 0.3 is 0 Å². The SMILES string of the molecule is CC[C@H](Oc1cccc2ccccc12)C(=O)N(C)Cc1ccc(C)cc1. The third kappa shape index (κ3) is 4.05. The summed E-state index contributed by atoms with van der Waals surface area (Å²) in [5.41, 5.74) is 2.33. The Morgan fingerprint density at radius 1 is 1.00 bits per heavy atom. The first-order chi connectivity index (χ1) is 12.6. The summed E-state index contributed by atoms with van der Waals surface area (Å²) < 4.78 is 6.13. The van der Waals surface area contributed by atoms with Crippen LogP contribution >= 0.6 is 0 Å². The van der Waals surface area contributed by atoms with E-state index in [0.717, 1.165) is 22.1 Å². The molecule has 3 rings (SSSR count). The number of aryl methyl sites for hydroxylation is 1. The standard InChI is InChI=1S/C23H25NO2/c1-4-21(23(25)24(3)16-18-14-12-17(2)13-15-18)26-22-11-7-9-19-8-5-6-10-20(19)22/h5-15,21H,4,16H2,1-3H3/t21-/m0/s1. The lowest BCUT2D eigenvalue weighted by atomic mass is 10.1. The second-order valence-electron chi connectivity index (χ2n) is 6.67. The van der Waals surface area contributed by atoms with Gasteiger partial charge in [0.1, 0.15) is 5.75 Å². The molecule has 0 fully saturated rings. The van der Waals surface area contributed by atoms with Gasteiger partial charge in [0.2, 0.25) is 0 Å². The Hall–Kier alpha value is -2.81. The van der Waals surface area contributed by atoms with Crippen molar-refractivity contribution in [2.75, 3.05) is 7.05 Å². The molecule has 0 saturated heterocycles. The first-order valence-corrected chi connectivity index (χ1v) is 9.03. The monoisotopic (exact) mass is 347 g/mol. The lowest BCUT2D eigenvalue weighted by Gasteiger charge is -2.24. The zero-order valence-electron chi connectivity index (χ0n) is 15.6. The highest BCUT2D eigenvalue weighted by Gasteiger charge is 2.23. The number of carbonyl (C=O) groups is 1. The summed E-state index contributed by atoms with van der Waals surface area (Å²) in [5.74, 6) is 0.757. The van der Waals surface area contributed by atoms with Gasteiger partial charge in [0.25, 0.3) is 5.91 Å². The number of amides is 1. The summed E-state index contributed by atoms with van der Waals surface area (Å²) in [6, 6.07) is 22.3. The fourth-order valence-electron chi connectivity index (χ4n) is 3.05. The van der Waals surface area contributed by atoms with Gasteiger partial charge in [-0.1, -0.05) is 73.2 Å². The summed E-state index contributed by atoms with van der Waals surface area (Å²) in [6.07, 6.45) is 0.136. The first-order valence-electron chi connectivity index (χ1n) is 9.03. The number of fused-ring (bicyclic) bond motifs is 1. The summed E-state index contributed by atoms with van der Waals surface area (Å²) in [6.45, 7) is 4.62. The summed E-state index contributed by atoms with van der Waals surface area (Å²) in [7, 11) is 1.83. The number of rotatable bonds is 6. The van der Waals surface area contributed by atoms with E-state index in [1.807, 2.05) is 44.3 Å². The number of carbonyl (C=O) groups excluding carboxylic acids is 1. The molecule has 0 saturated carbocycles. The maximum atomic E-state index is 12.9. The van der Waals surface area contributed by atoms with Crippen molar-refractivity contribution in [2.24, 2.45) is 0 Å². The van der Waals surface area contributed by atoms with E-state index >= 15 is 0 Å². The predicted octanol–water partition coefficient (Wildman–Crippen LogP) is 4.96. The van der Waals surface area contributed by atoms with E-state index in [9.17, 15) is 4.79 Å². The molecular formula is C23H25NO2. The molecule has 0 N–H and O–H groups in total. The normalized spacial score (nSPS) is 12.0. The van der Waals surface area contributed by atoms with Crippen LogP contribution in [-0.2, 0) is 11.3 Å². The van der Waals surface area contributed by atoms with E-state index in [0.29, 0.717) is 13.0 Å². The molecule has 0 aliphatic rings. The Bertz CT molecular complexity index is 881. The molecule has 0 aliphatic heterocycles. The molecule has 3 aromatic rings. The highest BCUT2D eigenvalue weighted by molar-refractivity contribution is 5.89. The van der Waals surface area contributed by atoms with Gasteiger partial charge < -0.3 is 9.64 Å². The summed E-state index contributed by atoms with van der Waals surface area (Å²) in [4.78, 5) is 14.6. The predicted molar refractivity (Wildman–Crippen MR) is 106 cm³/mol. The summed E-state index contributed by atoms with van der Waals surface area (Å²) >= 11 is 0. The summed E-state index contributed by atoms with van der Waals surface area (Å²) in [5, 5.41) is 2.14. The highest BCUT2D eigenvalue weighted by atomic mass is 16.5. The molecular weight excluding hydrogens is 322 g/mol. The molecule has 0 radical (unpaired) electrons. The Morgan fingerprint density at radius 2 is 1.69 bits per heavy atom. The third-order valence-electron chi connectivity index (χ3n) is 4.58. The number of nitrogens with zero attached hydrogens (tertiary/aromatic N) is 1. The number of ether oxygens (including phenoxy) is 1. The van der Waals surface area contributed by atoms with Crippen LogP contribution in [0.5, 0.6) is 5.75 Å². The number of hydrogen-bond acceptors (Lipinski definition) is 2. The molecule has 1 amide bonds. The average Bonchev–Trinajstić information content (AvgIpc) is 2.67. The number of likely N-dealkylation sites (N-methyl/N-ethyl adjacent to an activating group) is 1. The zero-order chi connectivity index (χ0) is 18.5. The van der Waals surface area contributed by atoms with Crippen molar-refractivity contribution in [2.45, 2.75) is 32.9 Å². The van der Waals surface area contributed by atoms with Crippen LogP contribution in [0.25, 0.3) is 10.8 Å². The van der Waals surface area contributed by atoms with E-state index < -0.39 is 6.10 Å². The molecule has 0 spiro atoms. The van der Waals surface area contributed by atoms with E-state index in [1.165, 1.54) is 5.56 Å². The maximum absolute atomic E-state index is 12.9. The Labute approximate surface area is 155 Å². The smallest absolute Gasteiger partial charge is 0.263 e. The van der Waals surface area contributed by atoms with Gasteiger partial charge in [-0.15, -0.1) is 0 Å². The van der Waals surface area contributed by atoms with Crippen LogP contribution < -0.4 is 4.74 Å². The fraction of sp³-hybridized carbons (Fsp3) is 0.261. The second-order valence-corrected chi connectivity index (χ2v) is 6.67. The second kappa shape index (κ2) is 8.05. The minimum Gasteiger partial charge on any atom is -0.480 e. The van der Waals surface area contributed by atoms with Crippen molar-refractivity contribution < 1.29 is 9.53 Å². The lowest BCUT2D eigenvalue weighted by Crippen LogP contribution is -2.39.